The number of likely N-dealkylation sites (N-methyl/N-ethyl adjacent to an activating group) is 1. The Labute approximate surface area is 234 Å². The molecule has 4 amide bonds. The topological polar surface area (TPSA) is 113 Å². The number of rotatable bonds is 7. The van der Waals surface area contributed by atoms with E-state index in [2.05, 4.69) is 5.32 Å². The van der Waals surface area contributed by atoms with Crippen LogP contribution in [0, 0.1) is 11.3 Å². The van der Waals surface area contributed by atoms with E-state index in [4.69, 9.17) is 0 Å². The molecule has 3 aliphatic carbocycles. The summed E-state index contributed by atoms with van der Waals surface area (Å²) in [5, 5.41) is 24.0. The second-order valence-electron chi connectivity index (χ2n) is 11.9. The van der Waals surface area contributed by atoms with Crippen molar-refractivity contribution < 1.29 is 24.6 Å². The Bertz CT molecular complexity index is 976. The standard InChI is InChI=1S/C27H42N4O5S2/c1-4-37-22(38-5-2)19-20(32)30(14-17-8-6-7-9-17)25(36)31(21(19)33)18-10-12-26(13-11-18)15-27(16-26)23(34)29(3)24(35)28-27/h17-18,23-24,28,34-35H,4-16H2,1-3H3. The number of carbonyl (C=O) groups is 3. The number of thioether (sulfide) groups is 2. The van der Waals surface area contributed by atoms with Gasteiger partial charge in [0, 0.05) is 12.6 Å². The van der Waals surface area contributed by atoms with Gasteiger partial charge >= 0.3 is 6.03 Å². The van der Waals surface area contributed by atoms with Crippen molar-refractivity contribution in [1.82, 2.24) is 20.0 Å². The first-order chi connectivity index (χ1) is 18.1. The summed E-state index contributed by atoms with van der Waals surface area (Å²) in [4.78, 5) is 45.7. The van der Waals surface area contributed by atoms with Crippen LogP contribution in [-0.4, -0.2) is 92.0 Å². The van der Waals surface area contributed by atoms with E-state index in [9.17, 15) is 24.6 Å². The Morgan fingerprint density at radius 3 is 2.11 bits per heavy atom. The van der Waals surface area contributed by atoms with Crippen molar-refractivity contribution in [3.05, 3.63) is 9.81 Å². The maximum Gasteiger partial charge on any atom is 0.334 e. The van der Waals surface area contributed by atoms with Crippen LogP contribution >= 0.6 is 23.5 Å². The molecular formula is C27H42N4O5S2. The fraction of sp³-hybridized carbons (Fsp3) is 0.815. The normalized spacial score (nSPS) is 36.7. The van der Waals surface area contributed by atoms with E-state index in [-0.39, 0.29) is 17.0 Å². The number of nitrogens with zero attached hydrogens (tertiary/aromatic N) is 3. The number of carbonyl (C=O) groups excluding carboxylic acids is 3. The van der Waals surface area contributed by atoms with Crippen LogP contribution in [0.3, 0.4) is 0 Å². The van der Waals surface area contributed by atoms with Gasteiger partial charge in [-0.1, -0.05) is 26.7 Å². The van der Waals surface area contributed by atoms with Gasteiger partial charge < -0.3 is 10.2 Å². The Morgan fingerprint density at radius 1 is 0.974 bits per heavy atom. The van der Waals surface area contributed by atoms with Crippen LogP contribution in [-0.2, 0) is 9.59 Å². The highest BCUT2D eigenvalue weighted by atomic mass is 32.2. The number of imide groups is 2. The van der Waals surface area contributed by atoms with E-state index in [1.54, 1.807) is 11.9 Å². The van der Waals surface area contributed by atoms with E-state index in [1.807, 2.05) is 13.8 Å². The molecule has 11 heteroatoms. The molecule has 2 unspecified atom stereocenters. The largest absolute Gasteiger partial charge is 0.376 e. The Hall–Kier alpha value is -1.11. The van der Waals surface area contributed by atoms with E-state index in [1.165, 1.54) is 33.3 Å². The summed E-state index contributed by atoms with van der Waals surface area (Å²) in [6.07, 6.45) is 7.29. The molecule has 0 bridgehead atoms. The van der Waals surface area contributed by atoms with Crippen molar-refractivity contribution in [3.8, 4) is 0 Å². The third-order valence-corrected chi connectivity index (χ3v) is 11.7. The van der Waals surface area contributed by atoms with Gasteiger partial charge in [-0.05, 0) is 81.3 Å². The maximum atomic E-state index is 13.9. The predicted octanol–water partition coefficient (Wildman–Crippen LogP) is 3.28. The lowest BCUT2D eigenvalue weighted by Gasteiger charge is -2.59. The SMILES string of the molecule is CCSC(SCC)=C1C(=O)N(CC2CCCC2)C(=O)N(C2CCC3(CC2)CC2(C3)NC(O)N(C)C2O)C1=O. The number of nitrogens with one attached hydrogen (secondary N) is 1. The van der Waals surface area contributed by atoms with Crippen LogP contribution in [0.2, 0.25) is 0 Å². The Balaban J connectivity index is 1.35. The number of urea groups is 1. The molecule has 38 heavy (non-hydrogen) atoms. The van der Waals surface area contributed by atoms with E-state index in [0.29, 0.717) is 25.3 Å². The fourth-order valence-corrected chi connectivity index (χ4v) is 9.77. The molecule has 0 aromatic heterocycles. The molecule has 2 heterocycles. The summed E-state index contributed by atoms with van der Waals surface area (Å²) >= 11 is 3.03. The summed E-state index contributed by atoms with van der Waals surface area (Å²) in [6, 6.07) is -0.678. The third kappa shape index (κ3) is 4.85. The molecule has 0 radical (unpaired) electrons. The van der Waals surface area contributed by atoms with Gasteiger partial charge in [-0.2, -0.15) is 0 Å². The van der Waals surface area contributed by atoms with Gasteiger partial charge in [-0.3, -0.25) is 24.7 Å². The number of barbiturate groups is 1. The van der Waals surface area contributed by atoms with Crippen molar-refractivity contribution in [3.63, 3.8) is 0 Å². The van der Waals surface area contributed by atoms with E-state index in [0.717, 1.165) is 67.1 Å². The second-order valence-corrected chi connectivity index (χ2v) is 14.7. The predicted molar refractivity (Wildman–Crippen MR) is 149 cm³/mol. The molecule has 2 aliphatic heterocycles. The smallest absolute Gasteiger partial charge is 0.334 e. The molecule has 5 fully saturated rings. The van der Waals surface area contributed by atoms with Gasteiger partial charge in [0.1, 0.15) is 11.8 Å². The second kappa shape index (κ2) is 11.0. The zero-order valence-corrected chi connectivity index (χ0v) is 24.4. The van der Waals surface area contributed by atoms with E-state index < -0.39 is 36.0 Å². The number of hydrogen-bond donors (Lipinski definition) is 3. The van der Waals surface area contributed by atoms with Gasteiger partial charge in [0.15, 0.2) is 6.35 Å². The average Bonchev–Trinajstić information content (AvgIpc) is 3.46. The minimum atomic E-state index is -0.855. The highest BCUT2D eigenvalue weighted by Crippen LogP contribution is 2.60. The van der Waals surface area contributed by atoms with Crippen LogP contribution in [0.15, 0.2) is 9.81 Å². The summed E-state index contributed by atoms with van der Waals surface area (Å²) in [5.74, 6) is 0.960. The Morgan fingerprint density at radius 2 is 1.58 bits per heavy atom. The monoisotopic (exact) mass is 566 g/mol. The quantitative estimate of drug-likeness (QED) is 0.316. The zero-order chi connectivity index (χ0) is 27.2. The molecular weight excluding hydrogens is 524 g/mol. The van der Waals surface area contributed by atoms with Crippen molar-refractivity contribution in [1.29, 1.82) is 0 Å². The number of aliphatic hydroxyl groups excluding tert-OH is 2. The van der Waals surface area contributed by atoms with Gasteiger partial charge in [-0.25, -0.2) is 9.69 Å². The zero-order valence-electron chi connectivity index (χ0n) is 22.8. The van der Waals surface area contributed by atoms with Crippen molar-refractivity contribution in [2.45, 2.75) is 102 Å². The van der Waals surface area contributed by atoms with Gasteiger partial charge in [-0.15, -0.1) is 23.5 Å². The molecule has 2 spiro atoms. The highest BCUT2D eigenvalue weighted by molar-refractivity contribution is 8.22. The first-order valence-electron chi connectivity index (χ1n) is 14.2. The summed E-state index contributed by atoms with van der Waals surface area (Å²) in [7, 11) is 1.71. The lowest BCUT2D eigenvalue weighted by atomic mass is 9.51. The van der Waals surface area contributed by atoms with Crippen LogP contribution in [0.5, 0.6) is 0 Å². The van der Waals surface area contributed by atoms with Crippen LogP contribution in [0.1, 0.15) is 78.1 Å². The molecule has 3 N–H and O–H groups in total. The van der Waals surface area contributed by atoms with Gasteiger partial charge in [0.2, 0.25) is 0 Å². The minimum absolute atomic E-state index is 0.0383. The Kier molecular flexibility index (Phi) is 8.26. The van der Waals surface area contributed by atoms with Crippen molar-refractivity contribution in [2.24, 2.45) is 11.3 Å². The highest BCUT2D eigenvalue weighted by Gasteiger charge is 2.63. The number of aliphatic hydroxyl groups is 2. The molecule has 0 aromatic rings. The van der Waals surface area contributed by atoms with Crippen LogP contribution < -0.4 is 5.32 Å². The molecule has 5 aliphatic rings. The van der Waals surface area contributed by atoms with Gasteiger partial charge in [0.25, 0.3) is 11.8 Å². The van der Waals surface area contributed by atoms with Crippen molar-refractivity contribution in [2.75, 3.05) is 25.1 Å². The molecule has 9 nitrogen and oxygen atoms in total. The maximum absolute atomic E-state index is 13.9. The number of hydrogen-bond acceptors (Lipinski definition) is 9. The van der Waals surface area contributed by atoms with Crippen LogP contribution in [0.25, 0.3) is 0 Å². The summed E-state index contributed by atoms with van der Waals surface area (Å²) in [5.41, 5.74) is -0.280. The van der Waals surface area contributed by atoms with E-state index >= 15 is 0 Å². The molecule has 2 saturated heterocycles. The molecule has 3 saturated carbocycles. The van der Waals surface area contributed by atoms with Crippen LogP contribution in [0.4, 0.5) is 4.79 Å². The van der Waals surface area contributed by atoms with Crippen molar-refractivity contribution >= 4 is 41.4 Å². The molecule has 5 rings (SSSR count). The lowest BCUT2D eigenvalue weighted by Crippen LogP contribution is -2.66. The minimum Gasteiger partial charge on any atom is -0.376 e. The molecule has 212 valence electrons. The first-order valence-corrected chi connectivity index (χ1v) is 16.2. The third-order valence-electron chi connectivity index (χ3n) is 9.44. The average molecular weight is 567 g/mol. The molecule has 0 aromatic carbocycles. The lowest BCUT2D eigenvalue weighted by molar-refractivity contribution is -0.140. The van der Waals surface area contributed by atoms with Gasteiger partial charge in [0.05, 0.1) is 9.78 Å². The number of amides is 4. The fourth-order valence-electron chi connectivity index (χ4n) is 7.56. The molecule has 2 atom stereocenters. The summed E-state index contributed by atoms with van der Waals surface area (Å²) < 4.78 is 0.733. The first kappa shape index (κ1) is 28.4. The summed E-state index contributed by atoms with van der Waals surface area (Å²) in [6.45, 7) is 4.42.